The van der Waals surface area contributed by atoms with E-state index in [0.29, 0.717) is 9.10 Å². The molecular weight excluding hydrogens is 264 g/mol. The monoisotopic (exact) mass is 273 g/mol. The van der Waals surface area contributed by atoms with Gasteiger partial charge in [-0.25, -0.2) is 8.42 Å². The van der Waals surface area contributed by atoms with Gasteiger partial charge in [0.1, 0.15) is 4.21 Å². The van der Waals surface area contributed by atoms with Crippen LogP contribution in [-0.4, -0.2) is 8.42 Å². The van der Waals surface area contributed by atoms with Gasteiger partial charge in [0.25, 0.3) is 0 Å². The van der Waals surface area contributed by atoms with Crippen molar-refractivity contribution in [3.05, 3.63) is 60.0 Å². The zero-order valence-electron chi connectivity index (χ0n) is 9.33. The predicted octanol–water partition coefficient (Wildman–Crippen LogP) is 3.53. The van der Waals surface area contributed by atoms with Crippen LogP contribution in [0.15, 0.2) is 63.7 Å². The summed E-state index contributed by atoms with van der Waals surface area (Å²) in [6.45, 7) is 0. The topological polar surface area (TPSA) is 34.1 Å². The average molecular weight is 273 g/mol. The highest BCUT2D eigenvalue weighted by molar-refractivity contribution is 7.93. The second-order valence-corrected chi connectivity index (χ2v) is 6.94. The molecule has 2 nitrogen and oxygen atoms in total. The quantitative estimate of drug-likeness (QED) is 0.715. The number of sulfone groups is 1. The standard InChI is InChI=1S/C14H9O2S2/c15-18(16,14-6-3-9-17-14)13-8-7-11-4-1-2-5-12(11)10-13/h1-8,10H. The Kier molecular flexibility index (Phi) is 2.69. The van der Waals surface area contributed by atoms with Crippen LogP contribution >= 0.6 is 11.3 Å². The van der Waals surface area contributed by atoms with Crippen molar-refractivity contribution in [1.82, 2.24) is 0 Å². The fourth-order valence-corrected chi connectivity index (χ4v) is 4.09. The molecule has 1 aromatic heterocycles. The molecule has 2 aromatic carbocycles. The molecule has 4 heteroatoms. The van der Waals surface area contributed by atoms with Crippen LogP contribution in [0.25, 0.3) is 10.8 Å². The zero-order chi connectivity index (χ0) is 12.6. The molecule has 89 valence electrons. The first-order valence-corrected chi connectivity index (χ1v) is 7.68. The van der Waals surface area contributed by atoms with Crippen molar-refractivity contribution < 1.29 is 8.42 Å². The van der Waals surface area contributed by atoms with Gasteiger partial charge in [-0.3, -0.25) is 0 Å². The molecule has 3 rings (SSSR count). The van der Waals surface area contributed by atoms with Crippen molar-refractivity contribution >= 4 is 31.9 Å². The zero-order valence-corrected chi connectivity index (χ0v) is 11.0. The van der Waals surface area contributed by atoms with E-state index in [1.54, 1.807) is 24.3 Å². The van der Waals surface area contributed by atoms with E-state index < -0.39 is 9.84 Å². The summed E-state index contributed by atoms with van der Waals surface area (Å²) < 4.78 is 25.0. The smallest absolute Gasteiger partial charge is 0.215 e. The molecule has 0 amide bonds. The number of rotatable bonds is 2. The lowest BCUT2D eigenvalue weighted by Gasteiger charge is -2.03. The largest absolute Gasteiger partial charge is 0.218 e. The van der Waals surface area contributed by atoms with Gasteiger partial charge in [-0.2, -0.15) is 0 Å². The summed E-state index contributed by atoms with van der Waals surface area (Å²) in [6.07, 6.45) is 0. The Balaban J connectivity index is 2.21. The van der Waals surface area contributed by atoms with Crippen LogP contribution in [0.4, 0.5) is 0 Å². The molecule has 0 saturated heterocycles. The third kappa shape index (κ3) is 1.83. The van der Waals surface area contributed by atoms with E-state index in [1.165, 1.54) is 0 Å². The number of fused-ring (bicyclic) bond motifs is 1. The van der Waals surface area contributed by atoms with Crippen molar-refractivity contribution in [1.29, 1.82) is 0 Å². The number of thiophene rings is 1. The Morgan fingerprint density at radius 3 is 2.44 bits per heavy atom. The minimum absolute atomic E-state index is 0.331. The van der Waals surface area contributed by atoms with Crippen LogP contribution in [0.2, 0.25) is 0 Å². The molecule has 0 unspecified atom stereocenters. The number of hydrogen-bond acceptors (Lipinski definition) is 3. The molecule has 0 aliphatic carbocycles. The van der Waals surface area contributed by atoms with Gasteiger partial charge in [0.05, 0.1) is 4.90 Å². The first-order chi connectivity index (χ1) is 8.68. The van der Waals surface area contributed by atoms with Gasteiger partial charge in [-0.05, 0) is 35.0 Å². The maximum absolute atomic E-state index is 12.3. The lowest BCUT2D eigenvalue weighted by Crippen LogP contribution is -1.99. The molecule has 18 heavy (non-hydrogen) atoms. The second-order valence-electron chi connectivity index (χ2n) is 3.88. The van der Waals surface area contributed by atoms with Crippen LogP contribution in [0.3, 0.4) is 0 Å². The van der Waals surface area contributed by atoms with Gasteiger partial charge < -0.3 is 0 Å². The third-order valence-electron chi connectivity index (χ3n) is 2.74. The summed E-state index contributed by atoms with van der Waals surface area (Å²) in [4.78, 5) is 0.331. The van der Waals surface area contributed by atoms with Crippen LogP contribution in [-0.2, 0) is 9.84 Å². The van der Waals surface area contributed by atoms with Crippen molar-refractivity contribution in [3.8, 4) is 0 Å². The summed E-state index contributed by atoms with van der Waals surface area (Å²) >= 11 is 1.12. The predicted molar refractivity (Wildman–Crippen MR) is 72.6 cm³/mol. The Morgan fingerprint density at radius 2 is 1.72 bits per heavy atom. The van der Waals surface area contributed by atoms with E-state index in [-0.39, 0.29) is 0 Å². The van der Waals surface area contributed by atoms with Crippen molar-refractivity contribution in [2.24, 2.45) is 0 Å². The lowest BCUT2D eigenvalue weighted by atomic mass is 10.1. The van der Waals surface area contributed by atoms with Gasteiger partial charge in [0.15, 0.2) is 0 Å². The molecule has 3 aromatic rings. The summed E-state index contributed by atoms with van der Waals surface area (Å²) in [6, 6.07) is 16.1. The average Bonchev–Trinajstić information content (AvgIpc) is 2.92. The van der Waals surface area contributed by atoms with E-state index in [9.17, 15) is 8.42 Å². The molecule has 0 spiro atoms. The van der Waals surface area contributed by atoms with Crippen LogP contribution in [0, 0.1) is 5.38 Å². The van der Waals surface area contributed by atoms with E-state index in [0.717, 1.165) is 22.1 Å². The summed E-state index contributed by atoms with van der Waals surface area (Å²) in [5.41, 5.74) is 0. The van der Waals surface area contributed by atoms with E-state index in [2.05, 4.69) is 5.38 Å². The fraction of sp³-hybridized carbons (Fsp3) is 0. The van der Waals surface area contributed by atoms with Crippen molar-refractivity contribution in [3.63, 3.8) is 0 Å². The lowest BCUT2D eigenvalue weighted by molar-refractivity contribution is 0.598. The molecule has 0 aliphatic heterocycles. The molecule has 1 heterocycles. The van der Waals surface area contributed by atoms with Gasteiger partial charge in [-0.15, -0.1) is 11.3 Å². The highest BCUT2D eigenvalue weighted by Gasteiger charge is 2.18. The van der Waals surface area contributed by atoms with Gasteiger partial charge in [0, 0.05) is 5.38 Å². The second kappa shape index (κ2) is 4.23. The summed E-state index contributed by atoms with van der Waals surface area (Å²) in [5, 5.41) is 4.77. The van der Waals surface area contributed by atoms with E-state index >= 15 is 0 Å². The van der Waals surface area contributed by atoms with Crippen molar-refractivity contribution in [2.45, 2.75) is 9.10 Å². The third-order valence-corrected chi connectivity index (χ3v) is 5.78. The summed E-state index contributed by atoms with van der Waals surface area (Å²) in [7, 11) is -3.40. The number of hydrogen-bond donors (Lipinski definition) is 0. The maximum atomic E-state index is 12.3. The Bertz CT molecular complexity index is 788. The minimum atomic E-state index is -3.40. The molecular formula is C14H9O2S2. The van der Waals surface area contributed by atoms with Gasteiger partial charge in [0.2, 0.25) is 9.84 Å². The fourth-order valence-electron chi connectivity index (χ4n) is 1.82. The Morgan fingerprint density at radius 1 is 0.944 bits per heavy atom. The Hall–Kier alpha value is -1.65. The highest BCUT2D eigenvalue weighted by Crippen LogP contribution is 2.27. The first kappa shape index (κ1) is 11.4. The van der Waals surface area contributed by atoms with E-state index in [4.69, 9.17) is 0 Å². The maximum Gasteiger partial charge on any atom is 0.215 e. The summed E-state index contributed by atoms with van der Waals surface area (Å²) in [5.74, 6) is 0. The van der Waals surface area contributed by atoms with Crippen LogP contribution in [0.5, 0.6) is 0 Å². The SMILES string of the molecule is O=S(=O)(c1ccc2ccccc2c1)c1cc[c]s1. The minimum Gasteiger partial charge on any atom is -0.218 e. The first-order valence-electron chi connectivity index (χ1n) is 5.38. The van der Waals surface area contributed by atoms with Gasteiger partial charge >= 0.3 is 0 Å². The van der Waals surface area contributed by atoms with Crippen LogP contribution in [0.1, 0.15) is 0 Å². The highest BCUT2D eigenvalue weighted by atomic mass is 32.2. The molecule has 0 bridgehead atoms. The van der Waals surface area contributed by atoms with Crippen LogP contribution < -0.4 is 0 Å². The normalized spacial score (nSPS) is 11.8. The van der Waals surface area contributed by atoms with Crippen molar-refractivity contribution in [2.75, 3.05) is 0 Å². The molecule has 1 radical (unpaired) electrons. The molecule has 0 atom stereocenters. The molecule has 0 fully saturated rings. The molecule has 0 saturated carbocycles. The van der Waals surface area contributed by atoms with Gasteiger partial charge in [-0.1, -0.05) is 30.3 Å². The van der Waals surface area contributed by atoms with E-state index in [1.807, 2.05) is 30.3 Å². The molecule has 0 N–H and O–H groups in total. The Labute approximate surface area is 109 Å². The molecule has 0 aliphatic rings. The number of benzene rings is 2.